The lowest BCUT2D eigenvalue weighted by molar-refractivity contribution is -0.133. The summed E-state index contributed by atoms with van der Waals surface area (Å²) in [5.74, 6) is 0.973. The van der Waals surface area contributed by atoms with Crippen LogP contribution in [0, 0.1) is 6.92 Å². The number of hydrogen-bond donors (Lipinski definition) is 0. The van der Waals surface area contributed by atoms with Crippen molar-refractivity contribution in [1.29, 1.82) is 0 Å². The summed E-state index contributed by atoms with van der Waals surface area (Å²) in [5.41, 5.74) is 6.85. The van der Waals surface area contributed by atoms with Crippen LogP contribution < -0.4 is 4.74 Å². The molecule has 0 aliphatic heterocycles. The van der Waals surface area contributed by atoms with E-state index in [1.807, 2.05) is 47.4 Å². The molecular formula is C32H33NO2. The number of methoxy groups -OCH3 is 1. The van der Waals surface area contributed by atoms with Crippen molar-refractivity contribution in [2.45, 2.75) is 39.3 Å². The van der Waals surface area contributed by atoms with Crippen LogP contribution in [0.25, 0.3) is 11.1 Å². The maximum atomic E-state index is 13.8. The SMILES string of the molecule is COc1ccc(CC(C)N(Cc2ccccc2)C(=O)Cc2ccccc2-c2ccc(C)cc2)cc1. The van der Waals surface area contributed by atoms with E-state index in [2.05, 4.69) is 74.5 Å². The Morgan fingerprint density at radius 3 is 2.14 bits per heavy atom. The van der Waals surface area contributed by atoms with Crippen molar-refractivity contribution >= 4 is 5.91 Å². The van der Waals surface area contributed by atoms with Gasteiger partial charge in [0.25, 0.3) is 0 Å². The molecule has 1 amide bonds. The molecule has 0 bridgehead atoms. The molecule has 4 aromatic carbocycles. The van der Waals surface area contributed by atoms with Crippen LogP contribution in [-0.2, 0) is 24.2 Å². The first-order valence-electron chi connectivity index (χ1n) is 12.1. The first kappa shape index (κ1) is 24.3. The molecule has 1 unspecified atom stereocenters. The van der Waals surface area contributed by atoms with E-state index in [0.29, 0.717) is 13.0 Å². The lowest BCUT2D eigenvalue weighted by atomic mass is 9.96. The summed E-state index contributed by atoms with van der Waals surface area (Å²) in [6.07, 6.45) is 1.14. The highest BCUT2D eigenvalue weighted by atomic mass is 16.5. The van der Waals surface area contributed by atoms with E-state index >= 15 is 0 Å². The lowest BCUT2D eigenvalue weighted by Crippen LogP contribution is -2.40. The van der Waals surface area contributed by atoms with Gasteiger partial charge in [0.2, 0.25) is 5.91 Å². The minimum Gasteiger partial charge on any atom is -0.497 e. The number of ether oxygens (including phenoxy) is 1. The van der Waals surface area contributed by atoms with Crippen LogP contribution in [0.4, 0.5) is 0 Å². The Balaban J connectivity index is 1.58. The Kier molecular flexibility index (Phi) is 7.99. The summed E-state index contributed by atoms with van der Waals surface area (Å²) >= 11 is 0. The fourth-order valence-electron chi connectivity index (χ4n) is 4.44. The number of carbonyl (C=O) groups is 1. The van der Waals surface area contributed by atoms with Crippen molar-refractivity contribution in [3.63, 3.8) is 0 Å². The summed E-state index contributed by atoms with van der Waals surface area (Å²) in [7, 11) is 1.67. The van der Waals surface area contributed by atoms with Gasteiger partial charge in [-0.25, -0.2) is 0 Å². The van der Waals surface area contributed by atoms with E-state index in [0.717, 1.165) is 34.4 Å². The minimum absolute atomic E-state index is 0.0441. The van der Waals surface area contributed by atoms with E-state index in [4.69, 9.17) is 4.74 Å². The Hall–Kier alpha value is -3.85. The van der Waals surface area contributed by atoms with Gasteiger partial charge in [-0.05, 0) is 60.2 Å². The molecule has 0 fully saturated rings. The summed E-state index contributed by atoms with van der Waals surface area (Å²) in [5, 5.41) is 0. The minimum atomic E-state index is 0.0441. The highest BCUT2D eigenvalue weighted by molar-refractivity contribution is 5.82. The standard InChI is InChI=1S/C32H33NO2/c1-24-13-17-28(18-14-24)31-12-8-7-11-29(31)22-32(34)33(23-27-9-5-4-6-10-27)25(2)21-26-15-19-30(35-3)20-16-26/h4-20,25H,21-23H2,1-3H3. The molecule has 0 aliphatic rings. The molecule has 35 heavy (non-hydrogen) atoms. The van der Waals surface area contributed by atoms with Gasteiger partial charge in [-0.3, -0.25) is 4.79 Å². The van der Waals surface area contributed by atoms with Gasteiger partial charge in [0.05, 0.1) is 13.5 Å². The normalized spacial score (nSPS) is 11.6. The maximum absolute atomic E-state index is 13.8. The van der Waals surface area contributed by atoms with Crippen LogP contribution in [0.15, 0.2) is 103 Å². The number of aryl methyl sites for hydroxylation is 1. The summed E-state index contributed by atoms with van der Waals surface area (Å²) in [4.78, 5) is 15.8. The van der Waals surface area contributed by atoms with Crippen molar-refractivity contribution in [3.05, 3.63) is 125 Å². The fourth-order valence-corrected chi connectivity index (χ4v) is 4.44. The van der Waals surface area contributed by atoms with E-state index in [9.17, 15) is 4.79 Å². The van der Waals surface area contributed by atoms with Crippen molar-refractivity contribution in [2.75, 3.05) is 7.11 Å². The van der Waals surface area contributed by atoms with E-state index in [1.165, 1.54) is 11.1 Å². The van der Waals surface area contributed by atoms with Crippen LogP contribution in [0.1, 0.15) is 29.2 Å². The zero-order valence-electron chi connectivity index (χ0n) is 20.8. The maximum Gasteiger partial charge on any atom is 0.227 e. The van der Waals surface area contributed by atoms with E-state index < -0.39 is 0 Å². The van der Waals surface area contributed by atoms with Gasteiger partial charge in [-0.1, -0.05) is 96.6 Å². The van der Waals surface area contributed by atoms with Crippen molar-refractivity contribution in [3.8, 4) is 16.9 Å². The second-order valence-corrected chi connectivity index (χ2v) is 9.11. The van der Waals surface area contributed by atoms with Crippen LogP contribution >= 0.6 is 0 Å². The van der Waals surface area contributed by atoms with Crippen LogP contribution in [0.2, 0.25) is 0 Å². The molecule has 0 aromatic heterocycles. The Morgan fingerprint density at radius 2 is 1.46 bits per heavy atom. The Bertz CT molecular complexity index is 1230. The third kappa shape index (κ3) is 6.39. The quantitative estimate of drug-likeness (QED) is 0.271. The van der Waals surface area contributed by atoms with Gasteiger partial charge in [-0.15, -0.1) is 0 Å². The predicted octanol–water partition coefficient (Wildman–Crippen LogP) is 6.87. The molecule has 0 heterocycles. The monoisotopic (exact) mass is 463 g/mol. The smallest absolute Gasteiger partial charge is 0.227 e. The van der Waals surface area contributed by atoms with Crippen molar-refractivity contribution < 1.29 is 9.53 Å². The molecule has 1 atom stereocenters. The summed E-state index contributed by atoms with van der Waals surface area (Å²) in [6, 6.07) is 35.1. The first-order valence-corrected chi connectivity index (χ1v) is 12.1. The molecule has 4 aromatic rings. The highest BCUT2D eigenvalue weighted by Crippen LogP contribution is 2.26. The first-order chi connectivity index (χ1) is 17.0. The molecule has 3 nitrogen and oxygen atoms in total. The Labute approximate surface area is 209 Å². The van der Waals surface area contributed by atoms with Gasteiger partial charge < -0.3 is 9.64 Å². The second kappa shape index (κ2) is 11.5. The predicted molar refractivity (Wildman–Crippen MR) is 143 cm³/mol. The number of benzene rings is 4. The number of carbonyl (C=O) groups excluding carboxylic acids is 1. The summed E-state index contributed by atoms with van der Waals surface area (Å²) in [6.45, 7) is 4.81. The van der Waals surface area contributed by atoms with Crippen molar-refractivity contribution in [1.82, 2.24) is 4.90 Å². The second-order valence-electron chi connectivity index (χ2n) is 9.11. The molecule has 4 rings (SSSR count). The summed E-state index contributed by atoms with van der Waals surface area (Å²) < 4.78 is 5.29. The molecule has 0 radical (unpaired) electrons. The van der Waals surface area contributed by atoms with Gasteiger partial charge in [0.1, 0.15) is 5.75 Å². The molecule has 3 heteroatoms. The van der Waals surface area contributed by atoms with Gasteiger partial charge in [-0.2, -0.15) is 0 Å². The van der Waals surface area contributed by atoms with Crippen LogP contribution in [0.3, 0.4) is 0 Å². The fraction of sp³-hybridized carbons (Fsp3) is 0.219. The molecule has 0 aliphatic carbocycles. The zero-order valence-corrected chi connectivity index (χ0v) is 20.8. The number of nitrogens with zero attached hydrogens (tertiary/aromatic N) is 1. The average Bonchev–Trinajstić information content (AvgIpc) is 2.89. The third-order valence-electron chi connectivity index (χ3n) is 6.46. The molecule has 0 N–H and O–H groups in total. The number of amides is 1. The number of hydrogen-bond acceptors (Lipinski definition) is 2. The average molecular weight is 464 g/mol. The molecular weight excluding hydrogens is 430 g/mol. The molecule has 0 saturated heterocycles. The number of rotatable bonds is 9. The molecule has 0 saturated carbocycles. The Morgan fingerprint density at radius 1 is 0.800 bits per heavy atom. The van der Waals surface area contributed by atoms with Gasteiger partial charge in [0, 0.05) is 12.6 Å². The zero-order chi connectivity index (χ0) is 24.6. The van der Waals surface area contributed by atoms with Gasteiger partial charge >= 0.3 is 0 Å². The highest BCUT2D eigenvalue weighted by Gasteiger charge is 2.22. The van der Waals surface area contributed by atoms with E-state index in [1.54, 1.807) is 7.11 Å². The van der Waals surface area contributed by atoms with Crippen LogP contribution in [0.5, 0.6) is 5.75 Å². The van der Waals surface area contributed by atoms with Crippen molar-refractivity contribution in [2.24, 2.45) is 0 Å². The molecule has 178 valence electrons. The third-order valence-corrected chi connectivity index (χ3v) is 6.46. The van der Waals surface area contributed by atoms with E-state index in [-0.39, 0.29) is 11.9 Å². The van der Waals surface area contributed by atoms with Crippen LogP contribution in [-0.4, -0.2) is 24.0 Å². The molecule has 0 spiro atoms. The lowest BCUT2D eigenvalue weighted by Gasteiger charge is -2.30. The van der Waals surface area contributed by atoms with Gasteiger partial charge in [0.15, 0.2) is 0 Å². The topological polar surface area (TPSA) is 29.5 Å². The largest absolute Gasteiger partial charge is 0.497 e.